The molecule has 1 aliphatic heterocycles. The lowest BCUT2D eigenvalue weighted by molar-refractivity contribution is -0.148. The second-order valence-electron chi connectivity index (χ2n) is 6.81. The number of hydrogen-bond donors (Lipinski definition) is 3. The number of aromatic nitrogens is 1. The molecule has 1 aromatic heterocycles. The van der Waals surface area contributed by atoms with E-state index in [1.165, 1.54) is 4.90 Å². The van der Waals surface area contributed by atoms with E-state index in [2.05, 4.69) is 10.3 Å². The van der Waals surface area contributed by atoms with Gasteiger partial charge in [0.15, 0.2) is 0 Å². The third kappa shape index (κ3) is 5.53. The van der Waals surface area contributed by atoms with E-state index in [1.807, 2.05) is 6.07 Å². The summed E-state index contributed by atoms with van der Waals surface area (Å²) in [5.41, 5.74) is 1.25. The van der Waals surface area contributed by atoms with Crippen molar-refractivity contribution in [1.29, 1.82) is 0 Å². The van der Waals surface area contributed by atoms with Gasteiger partial charge in [0.2, 0.25) is 0 Å². The summed E-state index contributed by atoms with van der Waals surface area (Å²) in [5.74, 6) is 0.986. The Bertz CT molecular complexity index is 783. The second kappa shape index (κ2) is 8.08. The van der Waals surface area contributed by atoms with Crippen molar-refractivity contribution in [2.24, 2.45) is 5.92 Å². The van der Waals surface area contributed by atoms with Gasteiger partial charge < -0.3 is 14.8 Å². The Balaban J connectivity index is 1.47. The molecular formula is C18H22F3N3O3. The van der Waals surface area contributed by atoms with Crippen LogP contribution in [0.4, 0.5) is 23.7 Å². The molecule has 9 heteroatoms. The quantitative estimate of drug-likeness (QED) is 0.693. The van der Waals surface area contributed by atoms with Gasteiger partial charge in [0, 0.05) is 17.1 Å². The summed E-state index contributed by atoms with van der Waals surface area (Å²) in [6.45, 7) is 0.564. The molecule has 0 radical (unpaired) electrons. The largest absolute Gasteiger partial charge is 0.494 e. The predicted octanol–water partition coefficient (Wildman–Crippen LogP) is 4.30. The van der Waals surface area contributed by atoms with Gasteiger partial charge in [0.05, 0.1) is 18.8 Å². The van der Waals surface area contributed by atoms with Gasteiger partial charge >= 0.3 is 12.3 Å². The van der Waals surface area contributed by atoms with E-state index < -0.39 is 18.8 Å². The van der Waals surface area contributed by atoms with Gasteiger partial charge in [0.25, 0.3) is 0 Å². The molecule has 0 atom stereocenters. The van der Waals surface area contributed by atoms with Gasteiger partial charge in [-0.25, -0.2) is 4.79 Å². The first kappa shape index (κ1) is 19.3. The highest BCUT2D eigenvalue weighted by atomic mass is 19.4. The van der Waals surface area contributed by atoms with Crippen LogP contribution in [0.15, 0.2) is 24.4 Å². The number of piperidine rings is 1. The Morgan fingerprint density at radius 1 is 1.33 bits per heavy atom. The summed E-state index contributed by atoms with van der Waals surface area (Å²) >= 11 is 0. The first-order valence-electron chi connectivity index (χ1n) is 8.83. The zero-order valence-corrected chi connectivity index (χ0v) is 14.7. The molecule has 1 saturated heterocycles. The van der Waals surface area contributed by atoms with Gasteiger partial charge in [-0.15, -0.1) is 0 Å². The second-order valence-corrected chi connectivity index (χ2v) is 6.81. The third-order valence-electron chi connectivity index (χ3n) is 4.80. The van der Waals surface area contributed by atoms with E-state index in [-0.39, 0.29) is 0 Å². The average Bonchev–Trinajstić information content (AvgIpc) is 2.97. The number of alkyl halides is 3. The zero-order chi connectivity index (χ0) is 19.4. The Morgan fingerprint density at radius 2 is 2.07 bits per heavy atom. The molecule has 2 aromatic rings. The number of amides is 1. The molecule has 6 nitrogen and oxygen atoms in total. The molecule has 0 aliphatic carbocycles. The molecule has 1 fully saturated rings. The Kier molecular flexibility index (Phi) is 5.79. The van der Waals surface area contributed by atoms with Crippen molar-refractivity contribution in [2.75, 3.05) is 31.6 Å². The summed E-state index contributed by atoms with van der Waals surface area (Å²) in [6.07, 6.45) is -1.44. The standard InChI is InChI=1S/C18H22F3N3O3/c19-18(20,21)11-24-6-3-12(4-7-24)5-8-27-13-1-2-15-14(9-13)16(10-22-15)23-17(25)26/h1-2,9-10,12,22-23H,3-8,11H2,(H,25,26). The fraction of sp³-hybridized carbons (Fsp3) is 0.500. The maximum absolute atomic E-state index is 12.4. The first-order valence-corrected chi connectivity index (χ1v) is 8.83. The number of hydrogen-bond acceptors (Lipinski definition) is 3. The highest BCUT2D eigenvalue weighted by Crippen LogP contribution is 2.28. The zero-order valence-electron chi connectivity index (χ0n) is 14.7. The van der Waals surface area contributed by atoms with Crippen LogP contribution < -0.4 is 10.1 Å². The number of anilines is 1. The smallest absolute Gasteiger partial charge is 0.409 e. The van der Waals surface area contributed by atoms with E-state index in [1.54, 1.807) is 18.3 Å². The van der Waals surface area contributed by atoms with Gasteiger partial charge in [-0.1, -0.05) is 0 Å². The van der Waals surface area contributed by atoms with Crippen LogP contribution in [0.2, 0.25) is 0 Å². The first-order chi connectivity index (χ1) is 12.8. The summed E-state index contributed by atoms with van der Waals surface area (Å²) in [5, 5.41) is 11.9. The van der Waals surface area contributed by atoms with Crippen LogP contribution in [0.25, 0.3) is 10.9 Å². The molecular weight excluding hydrogens is 363 g/mol. The van der Waals surface area contributed by atoms with Crippen LogP contribution in [0.3, 0.4) is 0 Å². The van der Waals surface area contributed by atoms with Crippen LogP contribution in [-0.4, -0.2) is 53.5 Å². The monoisotopic (exact) mass is 385 g/mol. The van der Waals surface area contributed by atoms with Crippen LogP contribution in [0.1, 0.15) is 19.3 Å². The number of aromatic amines is 1. The Labute approximate surface area is 154 Å². The van der Waals surface area contributed by atoms with Crippen LogP contribution in [0.5, 0.6) is 5.75 Å². The van der Waals surface area contributed by atoms with Crippen LogP contribution >= 0.6 is 0 Å². The number of halogens is 3. The predicted molar refractivity (Wildman–Crippen MR) is 95.3 cm³/mol. The van der Waals surface area contributed by atoms with Crippen molar-refractivity contribution >= 4 is 22.7 Å². The Hall–Kier alpha value is -2.42. The molecule has 0 saturated carbocycles. The van der Waals surface area contributed by atoms with Crippen LogP contribution in [-0.2, 0) is 0 Å². The molecule has 0 bridgehead atoms. The van der Waals surface area contributed by atoms with Crippen LogP contribution in [0, 0.1) is 5.92 Å². The number of carboxylic acid groups (broad SMARTS) is 1. The van der Waals surface area contributed by atoms with Gasteiger partial charge in [-0.3, -0.25) is 10.2 Å². The number of H-pyrrole nitrogens is 1. The molecule has 1 aliphatic rings. The number of nitrogens with one attached hydrogen (secondary N) is 2. The lowest BCUT2D eigenvalue weighted by atomic mass is 9.94. The molecule has 1 aromatic carbocycles. The van der Waals surface area contributed by atoms with Crippen molar-refractivity contribution in [1.82, 2.24) is 9.88 Å². The minimum Gasteiger partial charge on any atom is -0.494 e. The number of ether oxygens (including phenoxy) is 1. The minimum atomic E-state index is -4.14. The van der Waals surface area contributed by atoms with Crippen molar-refractivity contribution in [3.63, 3.8) is 0 Å². The highest BCUT2D eigenvalue weighted by Gasteiger charge is 2.32. The highest BCUT2D eigenvalue weighted by molar-refractivity contribution is 5.99. The van der Waals surface area contributed by atoms with E-state index in [4.69, 9.17) is 9.84 Å². The Morgan fingerprint density at radius 3 is 2.74 bits per heavy atom. The van der Waals surface area contributed by atoms with E-state index in [0.717, 1.165) is 30.2 Å². The van der Waals surface area contributed by atoms with Crippen molar-refractivity contribution < 1.29 is 27.8 Å². The number of nitrogens with zero attached hydrogens (tertiary/aromatic N) is 1. The molecule has 2 heterocycles. The topological polar surface area (TPSA) is 77.6 Å². The SMILES string of the molecule is O=C(O)Nc1c[nH]c2ccc(OCCC3CCN(CC(F)(F)F)CC3)cc12. The molecule has 0 unspecified atom stereocenters. The van der Waals surface area contributed by atoms with E-state index in [9.17, 15) is 18.0 Å². The number of benzene rings is 1. The third-order valence-corrected chi connectivity index (χ3v) is 4.80. The molecule has 3 N–H and O–H groups in total. The van der Waals surface area contributed by atoms with Crippen molar-refractivity contribution in [3.8, 4) is 5.75 Å². The lowest BCUT2D eigenvalue weighted by Crippen LogP contribution is -2.40. The van der Waals surface area contributed by atoms with Gasteiger partial charge in [0.1, 0.15) is 5.75 Å². The molecule has 0 spiro atoms. The average molecular weight is 385 g/mol. The summed E-state index contributed by atoms with van der Waals surface area (Å²) in [7, 11) is 0. The normalized spacial score (nSPS) is 16.6. The molecule has 3 rings (SSSR count). The summed E-state index contributed by atoms with van der Waals surface area (Å²) in [6, 6.07) is 5.38. The fourth-order valence-corrected chi connectivity index (χ4v) is 3.44. The minimum absolute atomic E-state index is 0.356. The number of rotatable bonds is 6. The number of fused-ring (bicyclic) bond motifs is 1. The van der Waals surface area contributed by atoms with E-state index in [0.29, 0.717) is 37.1 Å². The van der Waals surface area contributed by atoms with Gasteiger partial charge in [-0.05, 0) is 56.5 Å². The maximum Gasteiger partial charge on any atom is 0.409 e. The number of carbonyl (C=O) groups is 1. The molecule has 148 valence electrons. The summed E-state index contributed by atoms with van der Waals surface area (Å²) in [4.78, 5) is 15.3. The van der Waals surface area contributed by atoms with Gasteiger partial charge in [-0.2, -0.15) is 13.2 Å². The lowest BCUT2D eigenvalue weighted by Gasteiger charge is -2.32. The van der Waals surface area contributed by atoms with E-state index >= 15 is 0 Å². The van der Waals surface area contributed by atoms with Crippen molar-refractivity contribution in [3.05, 3.63) is 24.4 Å². The number of likely N-dealkylation sites (tertiary alicyclic amines) is 1. The fourth-order valence-electron chi connectivity index (χ4n) is 3.44. The molecule has 1 amide bonds. The molecule has 27 heavy (non-hydrogen) atoms. The maximum atomic E-state index is 12.4. The summed E-state index contributed by atoms with van der Waals surface area (Å²) < 4.78 is 43.0. The van der Waals surface area contributed by atoms with Crippen molar-refractivity contribution in [2.45, 2.75) is 25.4 Å².